The summed E-state index contributed by atoms with van der Waals surface area (Å²) in [5.74, 6) is 0. The van der Waals surface area contributed by atoms with Crippen LogP contribution in [0.5, 0.6) is 0 Å². The van der Waals surface area contributed by atoms with Crippen molar-refractivity contribution in [3.8, 4) is 0 Å². The average Bonchev–Trinajstić information content (AvgIpc) is 2.77. The zero-order valence-electron chi connectivity index (χ0n) is 13.4. The van der Waals surface area contributed by atoms with Crippen molar-refractivity contribution in [3.05, 3.63) is 28.2 Å². The number of anilines is 1. The SMILES string of the molecule is CCC(N)Cc1ccc(Br)cc1N(C)C1CCCCCC1. The van der Waals surface area contributed by atoms with Crippen LogP contribution in [-0.2, 0) is 6.42 Å². The van der Waals surface area contributed by atoms with E-state index in [4.69, 9.17) is 5.73 Å². The third-order valence-electron chi connectivity index (χ3n) is 4.81. The minimum absolute atomic E-state index is 0.257. The third-order valence-corrected chi connectivity index (χ3v) is 5.30. The fourth-order valence-corrected chi connectivity index (χ4v) is 3.66. The fourth-order valence-electron chi connectivity index (χ4n) is 3.31. The van der Waals surface area contributed by atoms with Crippen molar-refractivity contribution < 1.29 is 0 Å². The van der Waals surface area contributed by atoms with E-state index in [1.807, 2.05) is 0 Å². The molecule has 0 aliphatic heterocycles. The van der Waals surface area contributed by atoms with Crippen LogP contribution in [0.2, 0.25) is 0 Å². The average molecular weight is 353 g/mol. The van der Waals surface area contributed by atoms with Crippen molar-refractivity contribution >= 4 is 21.6 Å². The van der Waals surface area contributed by atoms with Gasteiger partial charge in [-0.3, -0.25) is 0 Å². The summed E-state index contributed by atoms with van der Waals surface area (Å²) in [6, 6.07) is 7.58. The molecule has 0 aromatic heterocycles. The number of hydrogen-bond acceptors (Lipinski definition) is 2. The molecule has 1 aliphatic carbocycles. The van der Waals surface area contributed by atoms with Gasteiger partial charge in [-0.15, -0.1) is 0 Å². The van der Waals surface area contributed by atoms with E-state index in [9.17, 15) is 0 Å². The first-order valence-electron chi connectivity index (χ1n) is 8.38. The zero-order valence-corrected chi connectivity index (χ0v) is 15.0. The second kappa shape index (κ2) is 8.19. The topological polar surface area (TPSA) is 29.3 Å². The van der Waals surface area contributed by atoms with E-state index < -0.39 is 0 Å². The molecule has 3 heteroatoms. The molecule has 1 fully saturated rings. The summed E-state index contributed by atoms with van der Waals surface area (Å²) in [4.78, 5) is 2.51. The van der Waals surface area contributed by atoms with Crippen molar-refractivity contribution in [1.82, 2.24) is 0 Å². The largest absolute Gasteiger partial charge is 0.371 e. The Bertz CT molecular complexity index is 439. The van der Waals surface area contributed by atoms with Gasteiger partial charge < -0.3 is 10.6 Å². The Balaban J connectivity index is 2.20. The third kappa shape index (κ3) is 4.72. The Labute approximate surface area is 138 Å². The van der Waals surface area contributed by atoms with Crippen LogP contribution >= 0.6 is 15.9 Å². The van der Waals surface area contributed by atoms with Crippen molar-refractivity contribution in [2.45, 2.75) is 70.4 Å². The second-order valence-corrected chi connectivity index (χ2v) is 7.32. The predicted octanol–water partition coefficient (Wildman–Crippen LogP) is 4.89. The number of halogens is 1. The van der Waals surface area contributed by atoms with Gasteiger partial charge in [-0.05, 0) is 43.4 Å². The molecule has 118 valence electrons. The van der Waals surface area contributed by atoms with Gasteiger partial charge >= 0.3 is 0 Å². The highest BCUT2D eigenvalue weighted by molar-refractivity contribution is 9.10. The first-order valence-corrected chi connectivity index (χ1v) is 9.18. The number of benzene rings is 1. The van der Waals surface area contributed by atoms with Gasteiger partial charge in [-0.25, -0.2) is 0 Å². The summed E-state index contributed by atoms with van der Waals surface area (Å²) in [6.07, 6.45) is 10.2. The summed E-state index contributed by atoms with van der Waals surface area (Å²) in [5.41, 5.74) is 8.93. The maximum absolute atomic E-state index is 6.19. The van der Waals surface area contributed by atoms with E-state index >= 15 is 0 Å². The summed E-state index contributed by atoms with van der Waals surface area (Å²) in [6.45, 7) is 2.16. The highest BCUT2D eigenvalue weighted by Gasteiger charge is 2.20. The van der Waals surface area contributed by atoms with Crippen LogP contribution in [0.1, 0.15) is 57.4 Å². The van der Waals surface area contributed by atoms with E-state index in [1.54, 1.807) is 0 Å². The Morgan fingerprint density at radius 3 is 2.52 bits per heavy atom. The monoisotopic (exact) mass is 352 g/mol. The van der Waals surface area contributed by atoms with Gasteiger partial charge in [0.2, 0.25) is 0 Å². The lowest BCUT2D eigenvalue weighted by Gasteiger charge is -2.31. The molecule has 1 aromatic rings. The van der Waals surface area contributed by atoms with E-state index in [2.05, 4.69) is 53.0 Å². The fraction of sp³-hybridized carbons (Fsp3) is 0.667. The molecule has 0 radical (unpaired) electrons. The van der Waals surface area contributed by atoms with Crippen molar-refractivity contribution in [1.29, 1.82) is 0 Å². The molecule has 2 nitrogen and oxygen atoms in total. The quantitative estimate of drug-likeness (QED) is 0.764. The molecule has 0 spiro atoms. The summed E-state index contributed by atoms with van der Waals surface area (Å²) in [5, 5.41) is 0. The highest BCUT2D eigenvalue weighted by atomic mass is 79.9. The molecule has 1 atom stereocenters. The molecule has 1 saturated carbocycles. The summed E-state index contributed by atoms with van der Waals surface area (Å²) in [7, 11) is 2.26. The molecule has 0 saturated heterocycles. The zero-order chi connectivity index (χ0) is 15.2. The van der Waals surface area contributed by atoms with E-state index in [1.165, 1.54) is 49.8 Å². The lowest BCUT2D eigenvalue weighted by Crippen LogP contribution is -2.32. The number of rotatable bonds is 5. The molecule has 0 heterocycles. The first-order chi connectivity index (χ1) is 10.1. The summed E-state index contributed by atoms with van der Waals surface area (Å²) < 4.78 is 1.16. The van der Waals surface area contributed by atoms with Gasteiger partial charge in [0.15, 0.2) is 0 Å². The Kier molecular flexibility index (Phi) is 6.56. The Morgan fingerprint density at radius 1 is 1.24 bits per heavy atom. The van der Waals surface area contributed by atoms with Crippen LogP contribution in [0.25, 0.3) is 0 Å². The van der Waals surface area contributed by atoms with Crippen LogP contribution in [-0.4, -0.2) is 19.1 Å². The maximum Gasteiger partial charge on any atom is 0.0410 e. The lowest BCUT2D eigenvalue weighted by atomic mass is 10.00. The first kappa shape index (κ1) is 16.8. The van der Waals surface area contributed by atoms with Gasteiger partial charge in [0.05, 0.1) is 0 Å². The highest BCUT2D eigenvalue weighted by Crippen LogP contribution is 2.31. The lowest BCUT2D eigenvalue weighted by molar-refractivity contribution is 0.550. The molecule has 1 unspecified atom stereocenters. The molecular weight excluding hydrogens is 324 g/mol. The van der Waals surface area contributed by atoms with Crippen LogP contribution in [0.3, 0.4) is 0 Å². The van der Waals surface area contributed by atoms with Crippen molar-refractivity contribution in [2.24, 2.45) is 5.73 Å². The smallest absolute Gasteiger partial charge is 0.0410 e. The second-order valence-electron chi connectivity index (χ2n) is 6.40. The molecule has 0 amide bonds. The van der Waals surface area contributed by atoms with Crippen molar-refractivity contribution in [3.63, 3.8) is 0 Å². The molecule has 1 aromatic carbocycles. The van der Waals surface area contributed by atoms with E-state index in [0.717, 1.165) is 17.3 Å². The molecule has 2 rings (SSSR count). The molecule has 1 aliphatic rings. The van der Waals surface area contributed by atoms with Gasteiger partial charge in [-0.2, -0.15) is 0 Å². The van der Waals surface area contributed by atoms with E-state index in [0.29, 0.717) is 6.04 Å². The molecule has 0 bridgehead atoms. The van der Waals surface area contributed by atoms with Gasteiger partial charge in [-0.1, -0.05) is 54.6 Å². The predicted molar refractivity (Wildman–Crippen MR) is 96.0 cm³/mol. The van der Waals surface area contributed by atoms with Gasteiger partial charge in [0.25, 0.3) is 0 Å². The Morgan fingerprint density at radius 2 is 1.90 bits per heavy atom. The van der Waals surface area contributed by atoms with Gasteiger partial charge in [0, 0.05) is 29.3 Å². The normalized spacial score (nSPS) is 18.3. The molecule has 21 heavy (non-hydrogen) atoms. The van der Waals surface area contributed by atoms with Crippen molar-refractivity contribution in [2.75, 3.05) is 11.9 Å². The van der Waals surface area contributed by atoms with Crippen LogP contribution in [0.4, 0.5) is 5.69 Å². The molecule has 2 N–H and O–H groups in total. The summed E-state index contributed by atoms with van der Waals surface area (Å²) >= 11 is 3.63. The van der Waals surface area contributed by atoms with Crippen LogP contribution in [0, 0.1) is 0 Å². The number of nitrogens with zero attached hydrogens (tertiary/aromatic N) is 1. The standard InChI is InChI=1S/C18H29BrN2/c1-3-16(20)12-14-10-11-15(19)13-18(14)21(2)17-8-6-4-5-7-9-17/h10-11,13,16-17H,3-9,12,20H2,1-2H3. The van der Waals surface area contributed by atoms with Crippen LogP contribution in [0.15, 0.2) is 22.7 Å². The van der Waals surface area contributed by atoms with E-state index in [-0.39, 0.29) is 6.04 Å². The number of hydrogen-bond donors (Lipinski definition) is 1. The van der Waals surface area contributed by atoms with Crippen LogP contribution < -0.4 is 10.6 Å². The minimum atomic E-state index is 0.257. The van der Waals surface area contributed by atoms with Gasteiger partial charge in [0.1, 0.15) is 0 Å². The minimum Gasteiger partial charge on any atom is -0.371 e. The molecular formula is C18H29BrN2. The Hall–Kier alpha value is -0.540. The number of nitrogens with two attached hydrogens (primary N) is 1. The maximum atomic E-state index is 6.19.